The van der Waals surface area contributed by atoms with Crippen LogP contribution in [0.1, 0.15) is 37.6 Å². The zero-order valence-electron chi connectivity index (χ0n) is 14.4. The summed E-state index contributed by atoms with van der Waals surface area (Å²) < 4.78 is 3.27. The lowest BCUT2D eigenvalue weighted by Gasteiger charge is -2.16. The highest BCUT2D eigenvalue weighted by Gasteiger charge is 2.25. The van der Waals surface area contributed by atoms with Gasteiger partial charge in [0.2, 0.25) is 0 Å². The van der Waals surface area contributed by atoms with Gasteiger partial charge < -0.3 is 10.4 Å². The summed E-state index contributed by atoms with van der Waals surface area (Å²) in [7, 11) is 1.72. The van der Waals surface area contributed by atoms with E-state index >= 15 is 0 Å². The fourth-order valence-electron chi connectivity index (χ4n) is 2.46. The van der Waals surface area contributed by atoms with Gasteiger partial charge in [-0.2, -0.15) is 10.2 Å². The van der Waals surface area contributed by atoms with E-state index in [0.29, 0.717) is 24.2 Å². The summed E-state index contributed by atoms with van der Waals surface area (Å²) in [6.07, 6.45) is 5.40. The second-order valence-electron chi connectivity index (χ2n) is 6.14. The number of aliphatic carboxylic acids is 1. The van der Waals surface area contributed by atoms with Crippen molar-refractivity contribution in [2.75, 3.05) is 0 Å². The first-order chi connectivity index (χ1) is 11.3. The van der Waals surface area contributed by atoms with Gasteiger partial charge in [-0.25, -0.2) is 4.79 Å². The van der Waals surface area contributed by atoms with Crippen molar-refractivity contribution in [2.24, 2.45) is 13.0 Å². The average molecular weight is 333 g/mol. The van der Waals surface area contributed by atoms with Gasteiger partial charge in [0.1, 0.15) is 11.7 Å². The number of rotatable bonds is 7. The molecule has 0 aliphatic rings. The Morgan fingerprint density at radius 1 is 1.33 bits per heavy atom. The third kappa shape index (κ3) is 4.01. The molecular formula is C16H23N5O3. The Morgan fingerprint density at radius 3 is 2.58 bits per heavy atom. The van der Waals surface area contributed by atoms with Crippen LogP contribution in [0, 0.1) is 5.92 Å². The van der Waals surface area contributed by atoms with E-state index < -0.39 is 17.9 Å². The molecule has 0 unspecified atom stereocenters. The van der Waals surface area contributed by atoms with E-state index in [4.69, 9.17) is 0 Å². The van der Waals surface area contributed by atoms with Crippen LogP contribution in [0.3, 0.4) is 0 Å². The number of carbonyl (C=O) groups is 2. The first-order valence-electron chi connectivity index (χ1n) is 7.92. The number of nitrogens with zero attached hydrogens (tertiary/aromatic N) is 4. The highest BCUT2D eigenvalue weighted by molar-refractivity contribution is 6.01. The Kier molecular flexibility index (Phi) is 5.38. The molecule has 2 aromatic rings. The maximum atomic E-state index is 12.6. The van der Waals surface area contributed by atoms with E-state index in [9.17, 15) is 14.7 Å². The first kappa shape index (κ1) is 17.7. The average Bonchev–Trinajstić information content (AvgIpc) is 3.11. The summed E-state index contributed by atoms with van der Waals surface area (Å²) in [5.41, 5.74) is 1.55. The molecule has 0 radical (unpaired) electrons. The largest absolute Gasteiger partial charge is 0.480 e. The lowest BCUT2D eigenvalue weighted by atomic mass is 10.0. The first-order valence-corrected chi connectivity index (χ1v) is 7.92. The van der Waals surface area contributed by atoms with E-state index in [1.54, 1.807) is 24.1 Å². The van der Waals surface area contributed by atoms with Gasteiger partial charge in [0.15, 0.2) is 0 Å². The summed E-state index contributed by atoms with van der Waals surface area (Å²) >= 11 is 0. The van der Waals surface area contributed by atoms with Gasteiger partial charge in [-0.05, 0) is 19.3 Å². The van der Waals surface area contributed by atoms with Crippen molar-refractivity contribution in [1.82, 2.24) is 24.9 Å². The highest BCUT2D eigenvalue weighted by atomic mass is 16.4. The van der Waals surface area contributed by atoms with Gasteiger partial charge in [-0.1, -0.05) is 13.8 Å². The number of aromatic nitrogens is 4. The molecular weight excluding hydrogens is 310 g/mol. The Morgan fingerprint density at radius 2 is 2.04 bits per heavy atom. The molecule has 2 aromatic heterocycles. The van der Waals surface area contributed by atoms with Crippen LogP contribution in [0.4, 0.5) is 0 Å². The summed E-state index contributed by atoms with van der Waals surface area (Å²) in [6.45, 7) is 6.50. The third-order valence-electron chi connectivity index (χ3n) is 3.61. The van der Waals surface area contributed by atoms with Gasteiger partial charge in [-0.15, -0.1) is 0 Å². The highest BCUT2D eigenvalue weighted by Crippen LogP contribution is 2.21. The lowest BCUT2D eigenvalue weighted by Crippen LogP contribution is -2.41. The van der Waals surface area contributed by atoms with Gasteiger partial charge in [0.25, 0.3) is 5.91 Å². The van der Waals surface area contributed by atoms with Crippen molar-refractivity contribution in [1.29, 1.82) is 0 Å². The predicted molar refractivity (Wildman–Crippen MR) is 88.4 cm³/mol. The van der Waals surface area contributed by atoms with Crippen LogP contribution in [0.5, 0.6) is 0 Å². The molecule has 1 atom stereocenters. The van der Waals surface area contributed by atoms with Crippen molar-refractivity contribution in [2.45, 2.75) is 39.8 Å². The van der Waals surface area contributed by atoms with Crippen molar-refractivity contribution in [3.05, 3.63) is 24.2 Å². The van der Waals surface area contributed by atoms with Crippen molar-refractivity contribution in [3.8, 4) is 11.3 Å². The Labute approximate surface area is 140 Å². The monoisotopic (exact) mass is 333 g/mol. The maximum Gasteiger partial charge on any atom is 0.326 e. The number of hydrogen-bond donors (Lipinski definition) is 2. The normalized spacial score (nSPS) is 12.4. The minimum absolute atomic E-state index is 0.155. The van der Waals surface area contributed by atoms with Gasteiger partial charge in [-0.3, -0.25) is 14.2 Å². The molecule has 0 aromatic carbocycles. The molecule has 24 heavy (non-hydrogen) atoms. The number of hydrogen-bond acceptors (Lipinski definition) is 4. The van der Waals surface area contributed by atoms with E-state index in [1.165, 1.54) is 4.68 Å². The number of nitrogens with one attached hydrogen (secondary N) is 1. The van der Waals surface area contributed by atoms with E-state index in [0.717, 1.165) is 5.56 Å². The molecule has 0 saturated carbocycles. The molecule has 0 bridgehead atoms. The molecule has 2 N–H and O–H groups in total. The van der Waals surface area contributed by atoms with Crippen LogP contribution >= 0.6 is 0 Å². The minimum Gasteiger partial charge on any atom is -0.480 e. The number of aryl methyl sites for hydroxylation is 2. The van der Waals surface area contributed by atoms with Crippen LogP contribution in [0.2, 0.25) is 0 Å². The van der Waals surface area contributed by atoms with Crippen molar-refractivity contribution >= 4 is 11.9 Å². The zero-order chi connectivity index (χ0) is 17.9. The summed E-state index contributed by atoms with van der Waals surface area (Å²) in [5.74, 6) is -1.33. The molecule has 0 fully saturated rings. The van der Waals surface area contributed by atoms with E-state index in [1.807, 2.05) is 27.0 Å². The molecule has 0 aliphatic heterocycles. The fourth-order valence-corrected chi connectivity index (χ4v) is 2.46. The Hall–Kier alpha value is -2.64. The van der Waals surface area contributed by atoms with Gasteiger partial charge >= 0.3 is 5.97 Å². The molecule has 130 valence electrons. The van der Waals surface area contributed by atoms with E-state index in [-0.39, 0.29) is 5.92 Å². The van der Waals surface area contributed by atoms with Gasteiger partial charge in [0.05, 0.1) is 11.8 Å². The topological polar surface area (TPSA) is 102 Å². The minimum atomic E-state index is -1.04. The van der Waals surface area contributed by atoms with Crippen LogP contribution in [0.25, 0.3) is 11.3 Å². The standard InChI is InChI=1S/C16H23N5O3/c1-5-21-8-11(7-17-21)14-12(9-20(4)19-14)15(22)18-13(16(23)24)6-10(2)3/h7-10,13H,5-6H2,1-4H3,(H,18,22)(H,23,24)/t13-/m1/s1. The lowest BCUT2D eigenvalue weighted by molar-refractivity contribution is -0.139. The molecule has 0 saturated heterocycles. The van der Waals surface area contributed by atoms with Crippen LogP contribution in [-0.4, -0.2) is 42.6 Å². The second-order valence-corrected chi connectivity index (χ2v) is 6.14. The number of carbonyl (C=O) groups excluding carboxylic acids is 1. The SMILES string of the molecule is CCn1cc(-c2nn(C)cc2C(=O)N[C@H](CC(C)C)C(=O)O)cn1. The molecule has 8 heteroatoms. The fraction of sp³-hybridized carbons (Fsp3) is 0.500. The molecule has 1 amide bonds. The molecule has 2 rings (SSSR count). The number of carboxylic acids is 1. The summed E-state index contributed by atoms with van der Waals surface area (Å²) in [5, 5.41) is 20.4. The Bertz CT molecular complexity index is 732. The van der Waals surface area contributed by atoms with Crippen LogP contribution in [-0.2, 0) is 18.4 Å². The van der Waals surface area contributed by atoms with Crippen LogP contribution in [0.15, 0.2) is 18.6 Å². The van der Waals surface area contributed by atoms with Crippen molar-refractivity contribution in [3.63, 3.8) is 0 Å². The molecule has 0 spiro atoms. The second kappa shape index (κ2) is 7.29. The summed E-state index contributed by atoms with van der Waals surface area (Å²) in [6, 6.07) is -0.927. The maximum absolute atomic E-state index is 12.6. The summed E-state index contributed by atoms with van der Waals surface area (Å²) in [4.78, 5) is 23.9. The Balaban J connectivity index is 2.27. The van der Waals surface area contributed by atoms with Crippen LogP contribution < -0.4 is 5.32 Å². The third-order valence-corrected chi connectivity index (χ3v) is 3.61. The smallest absolute Gasteiger partial charge is 0.326 e. The van der Waals surface area contributed by atoms with E-state index in [2.05, 4.69) is 15.5 Å². The number of carboxylic acid groups (broad SMARTS) is 1. The molecule has 2 heterocycles. The van der Waals surface area contributed by atoms with Gasteiger partial charge in [0, 0.05) is 31.5 Å². The molecule has 8 nitrogen and oxygen atoms in total. The molecule has 0 aliphatic carbocycles. The van der Waals surface area contributed by atoms with Crippen molar-refractivity contribution < 1.29 is 14.7 Å². The quantitative estimate of drug-likeness (QED) is 0.800. The predicted octanol–water partition coefficient (Wildman–Crippen LogP) is 1.53. The number of amides is 1. The zero-order valence-corrected chi connectivity index (χ0v) is 14.4.